The van der Waals surface area contributed by atoms with Gasteiger partial charge in [-0.2, -0.15) is 0 Å². The number of rotatable bonds is 5. The third kappa shape index (κ3) is 2.92. The lowest BCUT2D eigenvalue weighted by molar-refractivity contribution is -0.140. The van der Waals surface area contributed by atoms with Gasteiger partial charge in [0, 0.05) is 17.8 Å². The van der Waals surface area contributed by atoms with Crippen molar-refractivity contribution in [2.75, 3.05) is 11.4 Å². The van der Waals surface area contributed by atoms with Gasteiger partial charge in [0.05, 0.1) is 22.8 Å². The van der Waals surface area contributed by atoms with Crippen molar-refractivity contribution in [3.63, 3.8) is 0 Å². The van der Waals surface area contributed by atoms with Crippen LogP contribution in [0.5, 0.6) is 0 Å². The molecule has 5 nitrogen and oxygen atoms in total. The van der Waals surface area contributed by atoms with Crippen LogP contribution in [0.15, 0.2) is 41.8 Å². The average molecular weight is 435 g/mol. The molecule has 2 saturated heterocycles. The average Bonchev–Trinajstić information content (AvgIpc) is 3.44. The number of Topliss-reactive ketones (excluding diaryl/α,β-unsaturated/α-hetero) is 1. The van der Waals surface area contributed by atoms with E-state index in [1.807, 2.05) is 43.5 Å². The first-order chi connectivity index (χ1) is 14.9. The van der Waals surface area contributed by atoms with Gasteiger partial charge in [0.15, 0.2) is 5.78 Å². The maximum absolute atomic E-state index is 13.7. The van der Waals surface area contributed by atoms with Crippen LogP contribution in [0.2, 0.25) is 0 Å². The first-order valence-corrected chi connectivity index (χ1v) is 11.8. The Balaban J connectivity index is 1.66. The van der Waals surface area contributed by atoms with Crippen molar-refractivity contribution in [3.8, 4) is 0 Å². The minimum atomic E-state index is -0.664. The highest BCUT2D eigenvalue weighted by atomic mass is 32.1. The van der Waals surface area contributed by atoms with Crippen molar-refractivity contribution in [2.45, 2.75) is 45.7 Å². The summed E-state index contributed by atoms with van der Waals surface area (Å²) >= 11 is 1.39. The molecule has 0 bridgehead atoms. The predicted molar refractivity (Wildman–Crippen MR) is 122 cm³/mol. The molecule has 0 N–H and O–H groups in total. The summed E-state index contributed by atoms with van der Waals surface area (Å²) in [6.07, 6.45) is 3.78. The largest absolute Gasteiger partial charge is 0.352 e. The molecule has 6 heteroatoms. The molecule has 2 fully saturated rings. The van der Waals surface area contributed by atoms with E-state index in [0.717, 1.165) is 35.2 Å². The molecule has 4 heterocycles. The summed E-state index contributed by atoms with van der Waals surface area (Å²) in [5.74, 6) is -1.53. The van der Waals surface area contributed by atoms with Crippen LogP contribution < -0.4 is 4.90 Å². The number of ketones is 1. The lowest BCUT2D eigenvalue weighted by Gasteiger charge is -2.38. The van der Waals surface area contributed by atoms with Crippen molar-refractivity contribution in [1.82, 2.24) is 4.90 Å². The Hall–Kier alpha value is -2.73. The molecule has 31 heavy (non-hydrogen) atoms. The second-order valence-electron chi connectivity index (χ2n) is 8.79. The summed E-state index contributed by atoms with van der Waals surface area (Å²) < 4.78 is 0. The monoisotopic (exact) mass is 434 g/mol. The van der Waals surface area contributed by atoms with Gasteiger partial charge < -0.3 is 4.90 Å². The number of anilines is 1. The molecule has 1 aromatic heterocycles. The Morgan fingerprint density at radius 3 is 2.58 bits per heavy atom. The van der Waals surface area contributed by atoms with Gasteiger partial charge in [-0.25, -0.2) is 0 Å². The number of amides is 2. The number of thiophene rings is 1. The topological polar surface area (TPSA) is 57.7 Å². The molecule has 0 radical (unpaired) electrons. The first-order valence-electron chi connectivity index (χ1n) is 10.9. The summed E-state index contributed by atoms with van der Waals surface area (Å²) in [7, 11) is 0. The van der Waals surface area contributed by atoms with Gasteiger partial charge in [0.25, 0.3) is 0 Å². The van der Waals surface area contributed by atoms with Gasteiger partial charge in [-0.1, -0.05) is 37.1 Å². The number of allylic oxidation sites excluding steroid dienone is 1. The Labute approximate surface area is 186 Å². The molecule has 2 aromatic rings. The summed E-state index contributed by atoms with van der Waals surface area (Å²) in [5.41, 5.74) is 4.25. The van der Waals surface area contributed by atoms with Gasteiger partial charge in [-0.3, -0.25) is 19.3 Å². The molecule has 5 rings (SSSR count). The van der Waals surface area contributed by atoms with Crippen LogP contribution in [0.3, 0.4) is 0 Å². The number of benzene rings is 1. The zero-order valence-corrected chi connectivity index (χ0v) is 18.8. The van der Waals surface area contributed by atoms with Crippen LogP contribution in [0.1, 0.15) is 47.5 Å². The molecule has 0 aliphatic carbocycles. The number of hydrogen-bond acceptors (Lipinski definition) is 5. The van der Waals surface area contributed by atoms with E-state index in [2.05, 4.69) is 24.0 Å². The van der Waals surface area contributed by atoms with Crippen LogP contribution in [-0.4, -0.2) is 41.1 Å². The molecule has 0 spiro atoms. The molecular formula is C25H26N2O3S. The predicted octanol–water partition coefficient (Wildman–Crippen LogP) is 4.31. The van der Waals surface area contributed by atoms with Gasteiger partial charge >= 0.3 is 0 Å². The van der Waals surface area contributed by atoms with Crippen molar-refractivity contribution in [2.24, 2.45) is 11.8 Å². The normalized spacial score (nSPS) is 26.6. The molecule has 2 amide bonds. The third-order valence-corrected chi connectivity index (χ3v) is 7.75. The van der Waals surface area contributed by atoms with Crippen LogP contribution in [0.4, 0.5) is 5.69 Å². The smallest absolute Gasteiger partial charge is 0.235 e. The van der Waals surface area contributed by atoms with Crippen LogP contribution in [-0.2, 0) is 9.59 Å². The molecular weight excluding hydrogens is 408 g/mol. The Morgan fingerprint density at radius 1 is 1.10 bits per heavy atom. The molecule has 0 saturated carbocycles. The Bertz CT molecular complexity index is 1100. The van der Waals surface area contributed by atoms with E-state index < -0.39 is 17.9 Å². The Morgan fingerprint density at radius 2 is 1.87 bits per heavy atom. The number of unbranched alkanes of at least 4 members (excludes halogenated alkanes) is 1. The van der Waals surface area contributed by atoms with Crippen LogP contribution in [0.25, 0.3) is 5.57 Å². The quantitative estimate of drug-likeness (QED) is 0.520. The van der Waals surface area contributed by atoms with Gasteiger partial charge in [0.1, 0.15) is 6.04 Å². The second kappa shape index (κ2) is 7.45. The number of carbonyl (C=O) groups is 3. The highest BCUT2D eigenvalue weighted by molar-refractivity contribution is 7.12. The van der Waals surface area contributed by atoms with E-state index in [9.17, 15) is 14.4 Å². The van der Waals surface area contributed by atoms with E-state index in [0.29, 0.717) is 11.4 Å². The molecule has 3 aliphatic heterocycles. The van der Waals surface area contributed by atoms with Crippen molar-refractivity contribution >= 4 is 40.2 Å². The molecule has 1 aromatic carbocycles. The van der Waals surface area contributed by atoms with Crippen LogP contribution >= 0.6 is 11.3 Å². The lowest BCUT2D eigenvalue weighted by Crippen LogP contribution is -2.49. The zero-order valence-electron chi connectivity index (χ0n) is 18.0. The number of aryl methyl sites for hydroxylation is 1. The minimum Gasteiger partial charge on any atom is -0.352 e. The van der Waals surface area contributed by atoms with Crippen molar-refractivity contribution in [3.05, 3.63) is 57.8 Å². The number of hydrogen-bond donors (Lipinski definition) is 0. The second-order valence-corrected chi connectivity index (χ2v) is 9.74. The SMILES string of the molecule is CCCCN1C(=O)[C@@H]2[C@H](C1=O)[C@H]1C=C(C)c3cc(C)ccc3N1[C@H]2C(=O)c1cccs1. The number of imide groups is 1. The summed E-state index contributed by atoms with van der Waals surface area (Å²) in [4.78, 5) is 44.7. The number of carbonyl (C=O) groups excluding carboxylic acids is 3. The zero-order chi connectivity index (χ0) is 21.9. The standard InChI is InChI=1S/C25H26N2O3S/c1-4-5-10-26-24(29)20-18-13-15(3)16-12-14(2)8-9-17(16)27(18)22(21(20)25(26)30)23(28)19-7-6-11-31-19/h6-9,11-13,18,20-22H,4-5,10H2,1-3H3/t18-,20-,21-,22-/m1/s1. The van der Waals surface area contributed by atoms with Gasteiger partial charge in [0.2, 0.25) is 11.8 Å². The molecule has 3 aliphatic rings. The fourth-order valence-electron chi connectivity index (χ4n) is 5.42. The van der Waals surface area contributed by atoms with Crippen molar-refractivity contribution < 1.29 is 14.4 Å². The first kappa shape index (κ1) is 20.2. The lowest BCUT2D eigenvalue weighted by atomic mass is 9.86. The van der Waals surface area contributed by atoms with E-state index in [1.165, 1.54) is 16.2 Å². The van der Waals surface area contributed by atoms with E-state index in [1.54, 1.807) is 0 Å². The maximum atomic E-state index is 13.7. The highest BCUT2D eigenvalue weighted by Crippen LogP contribution is 2.50. The fourth-order valence-corrected chi connectivity index (χ4v) is 6.12. The van der Waals surface area contributed by atoms with E-state index in [4.69, 9.17) is 0 Å². The highest BCUT2D eigenvalue weighted by Gasteiger charge is 2.64. The summed E-state index contributed by atoms with van der Waals surface area (Å²) in [6, 6.07) is 8.91. The maximum Gasteiger partial charge on any atom is 0.235 e. The van der Waals surface area contributed by atoms with Crippen molar-refractivity contribution in [1.29, 1.82) is 0 Å². The summed E-state index contributed by atoms with van der Waals surface area (Å²) in [5, 5.41) is 1.88. The summed E-state index contributed by atoms with van der Waals surface area (Å²) in [6.45, 7) is 6.58. The van der Waals surface area contributed by atoms with Crippen LogP contribution in [0, 0.1) is 18.8 Å². The van der Waals surface area contributed by atoms with E-state index in [-0.39, 0.29) is 23.6 Å². The molecule has 4 atom stereocenters. The van der Waals surface area contributed by atoms with E-state index >= 15 is 0 Å². The molecule has 0 unspecified atom stereocenters. The fraction of sp³-hybridized carbons (Fsp3) is 0.400. The minimum absolute atomic E-state index is 0.0644. The number of fused-ring (bicyclic) bond motifs is 5. The van der Waals surface area contributed by atoms with Gasteiger partial charge in [-0.05, 0) is 49.4 Å². The Kier molecular flexibility index (Phi) is 4.85. The molecule has 160 valence electrons. The third-order valence-electron chi connectivity index (χ3n) is 6.86. The van der Waals surface area contributed by atoms with Gasteiger partial charge in [-0.15, -0.1) is 11.3 Å². The number of nitrogens with zero attached hydrogens (tertiary/aromatic N) is 2. The number of likely N-dealkylation sites (tertiary alicyclic amines) is 1.